The van der Waals surface area contributed by atoms with Gasteiger partial charge in [-0.15, -0.1) is 0 Å². The molecule has 0 spiro atoms. The molecule has 2 rings (SSSR count). The first-order chi connectivity index (χ1) is 8.17. The smallest absolute Gasteiger partial charge is 0.0950 e. The summed E-state index contributed by atoms with van der Waals surface area (Å²) in [5.41, 5.74) is 1.89. The Labute approximate surface area is 105 Å². The lowest BCUT2D eigenvalue weighted by molar-refractivity contribution is 0.557. The van der Waals surface area contributed by atoms with Gasteiger partial charge in [0.05, 0.1) is 35.0 Å². The van der Waals surface area contributed by atoms with Gasteiger partial charge in [-0.25, -0.2) is 4.98 Å². The molecule has 17 heavy (non-hydrogen) atoms. The molecule has 0 aliphatic heterocycles. The standard InChI is InChI=1S/C11H16ClN5/c1-4-17-11(8(12)5-15-17)10(13-2)9-6-16(3)7-14-9/h5-7,10,13H,4H2,1-3H3. The Morgan fingerprint density at radius 3 is 2.82 bits per heavy atom. The van der Waals surface area contributed by atoms with Crippen LogP contribution in [-0.4, -0.2) is 26.4 Å². The van der Waals surface area contributed by atoms with Gasteiger partial charge in [-0.2, -0.15) is 5.10 Å². The fourth-order valence-electron chi connectivity index (χ4n) is 1.92. The van der Waals surface area contributed by atoms with E-state index in [9.17, 15) is 0 Å². The molecular weight excluding hydrogens is 238 g/mol. The molecule has 6 heteroatoms. The summed E-state index contributed by atoms with van der Waals surface area (Å²) < 4.78 is 3.80. The molecule has 92 valence electrons. The van der Waals surface area contributed by atoms with Crippen LogP contribution in [0.1, 0.15) is 24.4 Å². The third-order valence-corrected chi connectivity index (χ3v) is 3.01. The zero-order valence-electron chi connectivity index (χ0n) is 10.2. The van der Waals surface area contributed by atoms with Crippen LogP contribution in [0.5, 0.6) is 0 Å². The fourth-order valence-corrected chi connectivity index (χ4v) is 2.17. The third kappa shape index (κ3) is 2.21. The van der Waals surface area contributed by atoms with Gasteiger partial charge in [0.25, 0.3) is 0 Å². The number of aromatic nitrogens is 4. The quantitative estimate of drug-likeness (QED) is 0.900. The molecule has 5 nitrogen and oxygen atoms in total. The van der Waals surface area contributed by atoms with Gasteiger partial charge in [-0.3, -0.25) is 4.68 Å². The highest BCUT2D eigenvalue weighted by molar-refractivity contribution is 6.31. The number of imidazole rings is 1. The molecule has 0 aliphatic carbocycles. The highest BCUT2D eigenvalue weighted by Crippen LogP contribution is 2.26. The average Bonchev–Trinajstić information content (AvgIpc) is 2.89. The van der Waals surface area contributed by atoms with Gasteiger partial charge >= 0.3 is 0 Å². The topological polar surface area (TPSA) is 47.7 Å². The average molecular weight is 254 g/mol. The number of aryl methyl sites for hydroxylation is 2. The lowest BCUT2D eigenvalue weighted by Crippen LogP contribution is -2.22. The number of nitrogens with zero attached hydrogens (tertiary/aromatic N) is 4. The molecule has 0 aromatic carbocycles. The van der Waals surface area contributed by atoms with Crippen molar-refractivity contribution in [3.8, 4) is 0 Å². The molecule has 0 bridgehead atoms. The summed E-state index contributed by atoms with van der Waals surface area (Å²) in [6.45, 7) is 2.82. The second-order valence-electron chi connectivity index (χ2n) is 3.88. The van der Waals surface area contributed by atoms with E-state index in [0.29, 0.717) is 5.02 Å². The largest absolute Gasteiger partial charge is 0.340 e. The summed E-state index contributed by atoms with van der Waals surface area (Å²) in [4.78, 5) is 4.36. The summed E-state index contributed by atoms with van der Waals surface area (Å²) >= 11 is 6.20. The molecule has 1 N–H and O–H groups in total. The van der Waals surface area contributed by atoms with E-state index >= 15 is 0 Å². The van der Waals surface area contributed by atoms with Crippen LogP contribution in [0.25, 0.3) is 0 Å². The van der Waals surface area contributed by atoms with Crippen LogP contribution >= 0.6 is 11.6 Å². The normalized spacial score (nSPS) is 12.9. The Morgan fingerprint density at radius 2 is 2.29 bits per heavy atom. The van der Waals surface area contributed by atoms with Gasteiger partial charge in [0.15, 0.2) is 0 Å². The van der Waals surface area contributed by atoms with E-state index in [1.165, 1.54) is 0 Å². The SMILES string of the molecule is CCn1ncc(Cl)c1C(NC)c1cn(C)cn1. The van der Waals surface area contributed by atoms with Crippen molar-refractivity contribution < 1.29 is 0 Å². The second kappa shape index (κ2) is 4.89. The van der Waals surface area contributed by atoms with E-state index in [0.717, 1.165) is 17.9 Å². The highest BCUT2D eigenvalue weighted by Gasteiger charge is 2.21. The van der Waals surface area contributed by atoms with Crippen molar-refractivity contribution >= 4 is 11.6 Å². The van der Waals surface area contributed by atoms with Crippen LogP contribution in [0.4, 0.5) is 0 Å². The molecule has 0 saturated carbocycles. The van der Waals surface area contributed by atoms with Crippen LogP contribution in [-0.2, 0) is 13.6 Å². The van der Waals surface area contributed by atoms with Gasteiger partial charge in [0.1, 0.15) is 0 Å². The highest BCUT2D eigenvalue weighted by atomic mass is 35.5. The molecule has 2 aromatic heterocycles. The molecule has 1 unspecified atom stereocenters. The minimum atomic E-state index is -0.0360. The molecule has 1 atom stereocenters. The summed E-state index contributed by atoms with van der Waals surface area (Å²) in [5.74, 6) is 0. The minimum absolute atomic E-state index is 0.0360. The van der Waals surface area contributed by atoms with Gasteiger partial charge in [0, 0.05) is 19.8 Å². The van der Waals surface area contributed by atoms with Crippen LogP contribution in [0.3, 0.4) is 0 Å². The van der Waals surface area contributed by atoms with E-state index in [1.54, 1.807) is 12.5 Å². The summed E-state index contributed by atoms with van der Waals surface area (Å²) in [7, 11) is 3.84. The van der Waals surface area contributed by atoms with E-state index in [4.69, 9.17) is 11.6 Å². The Hall–Kier alpha value is -1.33. The number of hydrogen-bond donors (Lipinski definition) is 1. The van der Waals surface area contributed by atoms with Gasteiger partial charge in [-0.05, 0) is 14.0 Å². The molecular formula is C11H16ClN5. The summed E-state index contributed by atoms with van der Waals surface area (Å²) in [6.07, 6.45) is 5.43. The van der Waals surface area contributed by atoms with E-state index in [-0.39, 0.29) is 6.04 Å². The van der Waals surface area contributed by atoms with Gasteiger partial charge in [-0.1, -0.05) is 11.6 Å². The van der Waals surface area contributed by atoms with Crippen LogP contribution < -0.4 is 5.32 Å². The molecule has 2 aromatic rings. The Bertz CT molecular complexity index is 502. The Morgan fingerprint density at radius 1 is 1.53 bits per heavy atom. The molecule has 2 heterocycles. The molecule has 0 amide bonds. The second-order valence-corrected chi connectivity index (χ2v) is 4.29. The Kier molecular flexibility index (Phi) is 3.49. The zero-order valence-corrected chi connectivity index (χ0v) is 10.9. The monoisotopic (exact) mass is 253 g/mol. The van der Waals surface area contributed by atoms with E-state index in [1.807, 2.05) is 36.5 Å². The predicted molar refractivity (Wildman–Crippen MR) is 67.0 cm³/mol. The molecule has 0 radical (unpaired) electrons. The van der Waals surface area contributed by atoms with Crippen molar-refractivity contribution in [3.05, 3.63) is 35.1 Å². The van der Waals surface area contributed by atoms with Crippen LogP contribution in [0, 0.1) is 0 Å². The zero-order chi connectivity index (χ0) is 12.4. The minimum Gasteiger partial charge on any atom is -0.340 e. The van der Waals surface area contributed by atoms with Crippen molar-refractivity contribution in [1.82, 2.24) is 24.6 Å². The molecule has 0 saturated heterocycles. The Balaban J connectivity index is 2.44. The first kappa shape index (κ1) is 12.1. The first-order valence-corrected chi connectivity index (χ1v) is 5.91. The van der Waals surface area contributed by atoms with Gasteiger partial charge < -0.3 is 9.88 Å². The van der Waals surface area contributed by atoms with Crippen molar-refractivity contribution in [1.29, 1.82) is 0 Å². The number of nitrogens with one attached hydrogen (secondary N) is 1. The maximum Gasteiger partial charge on any atom is 0.0950 e. The van der Waals surface area contributed by atoms with Crippen molar-refractivity contribution in [2.75, 3.05) is 7.05 Å². The van der Waals surface area contributed by atoms with Crippen LogP contribution in [0.15, 0.2) is 18.7 Å². The molecule has 0 aliphatic rings. The van der Waals surface area contributed by atoms with Crippen molar-refractivity contribution in [3.63, 3.8) is 0 Å². The van der Waals surface area contributed by atoms with Crippen LogP contribution in [0.2, 0.25) is 5.02 Å². The first-order valence-electron chi connectivity index (χ1n) is 5.53. The number of halogens is 1. The van der Waals surface area contributed by atoms with Crippen molar-refractivity contribution in [2.45, 2.75) is 19.5 Å². The fraction of sp³-hybridized carbons (Fsp3) is 0.455. The lowest BCUT2D eigenvalue weighted by atomic mass is 10.1. The van der Waals surface area contributed by atoms with Crippen molar-refractivity contribution in [2.24, 2.45) is 7.05 Å². The maximum atomic E-state index is 6.20. The predicted octanol–water partition coefficient (Wildman–Crippen LogP) is 1.60. The van der Waals surface area contributed by atoms with Gasteiger partial charge in [0.2, 0.25) is 0 Å². The maximum absolute atomic E-state index is 6.20. The lowest BCUT2D eigenvalue weighted by Gasteiger charge is -2.16. The summed E-state index contributed by atoms with van der Waals surface area (Å²) in [6, 6.07) is -0.0360. The summed E-state index contributed by atoms with van der Waals surface area (Å²) in [5, 5.41) is 8.14. The molecule has 0 fully saturated rings. The third-order valence-electron chi connectivity index (χ3n) is 2.72. The number of rotatable bonds is 4. The van der Waals surface area contributed by atoms with E-state index < -0.39 is 0 Å². The number of hydrogen-bond acceptors (Lipinski definition) is 3. The van der Waals surface area contributed by atoms with E-state index in [2.05, 4.69) is 15.4 Å².